The van der Waals surface area contributed by atoms with Crippen LogP contribution >= 0.6 is 0 Å². The van der Waals surface area contributed by atoms with Crippen LogP contribution in [0.2, 0.25) is 0 Å². The number of hydrogen-bond donors (Lipinski definition) is 0. The predicted octanol–water partition coefficient (Wildman–Crippen LogP) is 4.91. The Bertz CT molecular complexity index is 898. The van der Waals surface area contributed by atoms with Crippen molar-refractivity contribution in [2.24, 2.45) is 4.99 Å². The number of aliphatic imine (C=N–C) groups is 1. The summed E-state index contributed by atoms with van der Waals surface area (Å²) in [7, 11) is 4.91. The van der Waals surface area contributed by atoms with E-state index < -0.39 is 0 Å². The first kappa shape index (κ1) is 19.2. The van der Waals surface area contributed by atoms with Gasteiger partial charge in [-0.25, -0.2) is 4.99 Å². The highest BCUT2D eigenvalue weighted by atomic mass is 16.5. The Kier molecular flexibility index (Phi) is 6.41. The molecule has 5 nitrogen and oxygen atoms in total. The molecular weight excluding hydrogens is 352 g/mol. The lowest BCUT2D eigenvalue weighted by molar-refractivity contribution is 0.407. The van der Waals surface area contributed by atoms with E-state index in [1.54, 1.807) is 33.7 Å². The molecule has 3 aromatic rings. The van der Waals surface area contributed by atoms with E-state index in [9.17, 15) is 0 Å². The highest BCUT2D eigenvalue weighted by Gasteiger charge is 2.09. The second-order valence-electron chi connectivity index (χ2n) is 5.88. The monoisotopic (exact) mass is 374 g/mol. The van der Waals surface area contributed by atoms with Gasteiger partial charge in [0.05, 0.1) is 33.2 Å². The average molecular weight is 374 g/mol. The van der Waals surface area contributed by atoms with E-state index in [2.05, 4.69) is 9.98 Å². The fourth-order valence-corrected chi connectivity index (χ4v) is 2.68. The van der Waals surface area contributed by atoms with Gasteiger partial charge in [-0.05, 0) is 53.1 Å². The molecule has 0 saturated heterocycles. The molecule has 0 spiro atoms. The molecule has 2 aromatic carbocycles. The first-order chi connectivity index (χ1) is 13.7. The molecule has 1 heterocycles. The van der Waals surface area contributed by atoms with Gasteiger partial charge in [0.15, 0.2) is 0 Å². The van der Waals surface area contributed by atoms with Crippen molar-refractivity contribution in [2.75, 3.05) is 21.3 Å². The van der Waals surface area contributed by atoms with Crippen molar-refractivity contribution in [2.45, 2.75) is 0 Å². The minimum atomic E-state index is 0.481. The molecule has 3 rings (SSSR count). The summed E-state index contributed by atoms with van der Waals surface area (Å²) in [6.45, 7) is 0. The van der Waals surface area contributed by atoms with E-state index >= 15 is 0 Å². The van der Waals surface area contributed by atoms with Gasteiger partial charge in [-0.2, -0.15) is 0 Å². The number of nitrogens with zero attached hydrogens (tertiary/aromatic N) is 2. The molecule has 0 atom stereocenters. The van der Waals surface area contributed by atoms with Crippen molar-refractivity contribution >= 4 is 17.2 Å². The molecule has 0 aliphatic rings. The van der Waals surface area contributed by atoms with Crippen molar-refractivity contribution in [3.05, 3.63) is 90.3 Å². The second kappa shape index (κ2) is 9.37. The molecule has 0 aliphatic heterocycles. The van der Waals surface area contributed by atoms with Gasteiger partial charge >= 0.3 is 0 Å². The Hall–Kier alpha value is -3.60. The van der Waals surface area contributed by atoms with Gasteiger partial charge in [0.1, 0.15) is 11.5 Å². The van der Waals surface area contributed by atoms with E-state index in [4.69, 9.17) is 14.2 Å². The largest absolute Gasteiger partial charge is 0.497 e. The van der Waals surface area contributed by atoms with Crippen LogP contribution in [0.4, 0.5) is 5.69 Å². The molecule has 0 fully saturated rings. The maximum atomic E-state index is 5.51. The van der Waals surface area contributed by atoms with Crippen molar-refractivity contribution in [1.82, 2.24) is 4.98 Å². The maximum absolute atomic E-state index is 5.51. The normalized spacial score (nSPS) is 10.9. The molecule has 0 N–H and O–H groups in total. The zero-order valence-electron chi connectivity index (χ0n) is 16.1. The van der Waals surface area contributed by atoms with Crippen molar-refractivity contribution < 1.29 is 14.2 Å². The van der Waals surface area contributed by atoms with Gasteiger partial charge in [-0.1, -0.05) is 24.3 Å². The molecule has 0 amide bonds. The van der Waals surface area contributed by atoms with E-state index in [1.807, 2.05) is 66.7 Å². The average Bonchev–Trinajstić information content (AvgIpc) is 2.77. The molecule has 0 saturated carbocycles. The predicted molar refractivity (Wildman–Crippen MR) is 111 cm³/mol. The lowest BCUT2D eigenvalue weighted by Crippen LogP contribution is -2.00. The van der Waals surface area contributed by atoms with Crippen molar-refractivity contribution in [3.63, 3.8) is 0 Å². The molecule has 142 valence electrons. The van der Waals surface area contributed by atoms with E-state index in [0.717, 1.165) is 33.9 Å². The summed E-state index contributed by atoms with van der Waals surface area (Å²) in [6, 6.07) is 19.4. The van der Waals surface area contributed by atoms with Crippen LogP contribution in [0.15, 0.2) is 84.1 Å². The highest BCUT2D eigenvalue weighted by molar-refractivity contribution is 6.00. The van der Waals surface area contributed by atoms with Crippen LogP contribution in [-0.4, -0.2) is 32.2 Å². The number of hydrogen-bond acceptors (Lipinski definition) is 5. The minimum Gasteiger partial charge on any atom is -0.497 e. The third-order valence-corrected chi connectivity index (χ3v) is 4.16. The smallest absolute Gasteiger partial charge is 0.214 e. The Labute approximate surface area is 165 Å². The summed E-state index contributed by atoms with van der Waals surface area (Å²) < 4.78 is 16.1. The van der Waals surface area contributed by atoms with Gasteiger partial charge in [-0.15, -0.1) is 0 Å². The summed E-state index contributed by atoms with van der Waals surface area (Å²) >= 11 is 0. The number of rotatable bonds is 6. The number of pyridine rings is 1. The first-order valence-electron chi connectivity index (χ1n) is 8.76. The molecule has 28 heavy (non-hydrogen) atoms. The van der Waals surface area contributed by atoms with Crippen molar-refractivity contribution in [3.8, 4) is 11.5 Å². The van der Waals surface area contributed by atoms with Crippen LogP contribution in [0.25, 0.3) is 5.57 Å². The number of ether oxygens (including phenoxy) is 3. The molecule has 5 heteroatoms. The molecule has 0 unspecified atom stereocenters. The third kappa shape index (κ3) is 4.76. The van der Waals surface area contributed by atoms with Gasteiger partial charge < -0.3 is 14.2 Å². The zero-order chi connectivity index (χ0) is 19.8. The maximum Gasteiger partial charge on any atom is 0.214 e. The van der Waals surface area contributed by atoms with Gasteiger partial charge in [-0.3, -0.25) is 4.98 Å². The van der Waals surface area contributed by atoms with Gasteiger partial charge in [0.25, 0.3) is 0 Å². The molecular formula is C23H22N2O3. The summed E-state index contributed by atoms with van der Waals surface area (Å²) in [4.78, 5) is 8.64. The lowest BCUT2D eigenvalue weighted by Gasteiger charge is -2.11. The first-order valence-corrected chi connectivity index (χ1v) is 8.76. The van der Waals surface area contributed by atoms with Crippen LogP contribution in [0.5, 0.6) is 11.5 Å². The molecule has 1 aromatic heterocycles. The Morgan fingerprint density at radius 3 is 1.82 bits per heavy atom. The topological polar surface area (TPSA) is 52.9 Å². The quantitative estimate of drug-likeness (QED) is 0.454. The fourth-order valence-electron chi connectivity index (χ4n) is 2.68. The number of methoxy groups -OCH3 is 3. The Morgan fingerprint density at radius 2 is 1.39 bits per heavy atom. The lowest BCUT2D eigenvalue weighted by atomic mass is 9.97. The number of aromatic nitrogens is 1. The summed E-state index contributed by atoms with van der Waals surface area (Å²) in [5.41, 5.74) is 3.72. The summed E-state index contributed by atoms with van der Waals surface area (Å²) in [5.74, 6) is 2.08. The molecule has 0 bridgehead atoms. The zero-order valence-corrected chi connectivity index (χ0v) is 16.1. The van der Waals surface area contributed by atoms with Crippen molar-refractivity contribution in [1.29, 1.82) is 0 Å². The molecule has 0 radical (unpaired) electrons. The standard InChI is InChI=1S/C23H22N2O3/c1-26-20-10-6-17(7-11-20)22(18-8-12-21(27-2)13-9-18)15-23(28-3)25-19-5-4-14-24-16-19/h4-16H,1-3H3. The number of benzene rings is 2. The van der Waals surface area contributed by atoms with Gasteiger partial charge in [0.2, 0.25) is 5.90 Å². The van der Waals surface area contributed by atoms with Crippen LogP contribution in [0.3, 0.4) is 0 Å². The SMILES string of the molecule is COC(C=C(c1ccc(OC)cc1)c1ccc(OC)cc1)=Nc1cccnc1. The molecule has 0 aliphatic carbocycles. The Morgan fingerprint density at radius 1 is 0.821 bits per heavy atom. The van der Waals surface area contributed by atoms with E-state index in [0.29, 0.717) is 5.90 Å². The highest BCUT2D eigenvalue weighted by Crippen LogP contribution is 2.27. The van der Waals surface area contributed by atoms with E-state index in [1.165, 1.54) is 0 Å². The Balaban J connectivity index is 2.07. The minimum absolute atomic E-state index is 0.481. The van der Waals surface area contributed by atoms with Crippen LogP contribution < -0.4 is 9.47 Å². The van der Waals surface area contributed by atoms with Crippen LogP contribution in [0.1, 0.15) is 11.1 Å². The third-order valence-electron chi connectivity index (χ3n) is 4.16. The van der Waals surface area contributed by atoms with Crippen LogP contribution in [0, 0.1) is 0 Å². The van der Waals surface area contributed by atoms with Gasteiger partial charge in [0, 0.05) is 12.3 Å². The summed E-state index contributed by atoms with van der Waals surface area (Å²) in [6.07, 6.45) is 5.31. The fraction of sp³-hybridized carbons (Fsp3) is 0.130. The van der Waals surface area contributed by atoms with Crippen LogP contribution in [-0.2, 0) is 4.74 Å². The second-order valence-corrected chi connectivity index (χ2v) is 5.88. The summed E-state index contributed by atoms with van der Waals surface area (Å²) in [5, 5.41) is 0. The van der Waals surface area contributed by atoms with E-state index in [-0.39, 0.29) is 0 Å².